The summed E-state index contributed by atoms with van der Waals surface area (Å²) in [5.74, 6) is -0.311. The molecule has 0 radical (unpaired) electrons. The summed E-state index contributed by atoms with van der Waals surface area (Å²) in [6.45, 7) is 4.62. The maximum Gasteiger partial charge on any atom is 0.240 e. The molecule has 19 heavy (non-hydrogen) atoms. The van der Waals surface area contributed by atoms with Gasteiger partial charge in [0.25, 0.3) is 0 Å². The van der Waals surface area contributed by atoms with Crippen molar-refractivity contribution < 1.29 is 17.9 Å². The molecule has 1 aliphatic heterocycles. The third-order valence-corrected chi connectivity index (χ3v) is 5.40. The lowest BCUT2D eigenvalue weighted by molar-refractivity contribution is -0.129. The molecule has 0 bridgehead atoms. The third kappa shape index (κ3) is 3.88. The first-order valence-corrected chi connectivity index (χ1v) is 8.01. The van der Waals surface area contributed by atoms with E-state index in [1.54, 1.807) is 6.92 Å². The minimum atomic E-state index is -3.56. The number of nitrogens with zero attached hydrogens (tertiary/aromatic N) is 1. The SMILES string of the molecule is CCCNC(=O)C1COCCN1S(=O)(=O)C(C)CN. The van der Waals surface area contributed by atoms with E-state index < -0.39 is 21.3 Å². The Kier molecular flexibility index (Phi) is 6.18. The predicted molar refractivity (Wildman–Crippen MR) is 72.0 cm³/mol. The monoisotopic (exact) mass is 293 g/mol. The van der Waals surface area contributed by atoms with Crippen molar-refractivity contribution in [3.05, 3.63) is 0 Å². The van der Waals surface area contributed by atoms with Crippen LogP contribution < -0.4 is 11.1 Å². The molecule has 8 heteroatoms. The van der Waals surface area contributed by atoms with Crippen LogP contribution in [0.25, 0.3) is 0 Å². The second kappa shape index (κ2) is 7.18. The molecule has 3 N–H and O–H groups in total. The van der Waals surface area contributed by atoms with E-state index in [-0.39, 0.29) is 25.6 Å². The average molecular weight is 293 g/mol. The number of morpholine rings is 1. The molecule has 1 heterocycles. The zero-order valence-electron chi connectivity index (χ0n) is 11.5. The minimum absolute atomic E-state index is 0.0307. The largest absolute Gasteiger partial charge is 0.378 e. The number of amides is 1. The Labute approximate surface area is 114 Å². The van der Waals surface area contributed by atoms with Crippen molar-refractivity contribution in [2.45, 2.75) is 31.6 Å². The number of hydrogen-bond acceptors (Lipinski definition) is 5. The van der Waals surface area contributed by atoms with Crippen LogP contribution in [0.2, 0.25) is 0 Å². The van der Waals surface area contributed by atoms with Crippen LogP contribution in [-0.4, -0.2) is 62.8 Å². The fourth-order valence-electron chi connectivity index (χ4n) is 1.82. The Bertz CT molecular complexity index is 399. The van der Waals surface area contributed by atoms with E-state index in [4.69, 9.17) is 10.5 Å². The Morgan fingerprint density at radius 2 is 2.26 bits per heavy atom. The molecule has 1 fully saturated rings. The van der Waals surface area contributed by atoms with Crippen molar-refractivity contribution in [1.29, 1.82) is 0 Å². The van der Waals surface area contributed by atoms with E-state index in [1.165, 1.54) is 4.31 Å². The van der Waals surface area contributed by atoms with Crippen LogP contribution >= 0.6 is 0 Å². The molecule has 1 amide bonds. The molecule has 1 rings (SSSR count). The Balaban J connectivity index is 2.86. The summed E-state index contributed by atoms with van der Waals surface area (Å²) in [4.78, 5) is 12.0. The standard InChI is InChI=1S/C11H23N3O4S/c1-3-4-13-11(15)10-8-18-6-5-14(10)19(16,17)9(2)7-12/h9-10H,3-8,12H2,1-2H3,(H,13,15). The molecule has 1 aliphatic rings. The fraction of sp³-hybridized carbons (Fsp3) is 0.909. The van der Waals surface area contributed by atoms with E-state index in [0.717, 1.165) is 6.42 Å². The molecule has 0 aromatic rings. The number of nitrogens with two attached hydrogens (primary N) is 1. The molecule has 0 aromatic carbocycles. The molecule has 1 saturated heterocycles. The van der Waals surface area contributed by atoms with Gasteiger partial charge in [0, 0.05) is 19.6 Å². The van der Waals surface area contributed by atoms with E-state index in [2.05, 4.69) is 5.32 Å². The first kappa shape index (κ1) is 16.4. The van der Waals surface area contributed by atoms with Crippen LogP contribution in [0.15, 0.2) is 0 Å². The molecule has 112 valence electrons. The van der Waals surface area contributed by atoms with E-state index >= 15 is 0 Å². The number of sulfonamides is 1. The van der Waals surface area contributed by atoms with Gasteiger partial charge in [0.2, 0.25) is 15.9 Å². The predicted octanol–water partition coefficient (Wildman–Crippen LogP) is -1.11. The van der Waals surface area contributed by atoms with Gasteiger partial charge in [0.1, 0.15) is 6.04 Å². The van der Waals surface area contributed by atoms with Crippen LogP contribution in [0.3, 0.4) is 0 Å². The first-order chi connectivity index (χ1) is 8.95. The highest BCUT2D eigenvalue weighted by molar-refractivity contribution is 7.89. The van der Waals surface area contributed by atoms with Gasteiger partial charge in [-0.05, 0) is 13.3 Å². The summed E-state index contributed by atoms with van der Waals surface area (Å²) in [5, 5.41) is 2.00. The van der Waals surface area contributed by atoms with Crippen molar-refractivity contribution in [1.82, 2.24) is 9.62 Å². The molecule has 0 spiro atoms. The van der Waals surface area contributed by atoms with Gasteiger partial charge < -0.3 is 15.8 Å². The lowest BCUT2D eigenvalue weighted by Crippen LogP contribution is -2.58. The van der Waals surface area contributed by atoms with Crippen molar-refractivity contribution in [2.24, 2.45) is 5.73 Å². The van der Waals surface area contributed by atoms with E-state index in [0.29, 0.717) is 13.2 Å². The summed E-state index contributed by atoms with van der Waals surface area (Å²) in [6, 6.07) is -0.792. The van der Waals surface area contributed by atoms with E-state index in [1.807, 2.05) is 6.92 Å². The number of carbonyl (C=O) groups is 1. The van der Waals surface area contributed by atoms with Gasteiger partial charge in [0.05, 0.1) is 18.5 Å². The van der Waals surface area contributed by atoms with Gasteiger partial charge in [-0.2, -0.15) is 4.31 Å². The molecular weight excluding hydrogens is 270 g/mol. The van der Waals surface area contributed by atoms with Crippen molar-refractivity contribution in [2.75, 3.05) is 32.8 Å². The molecule has 0 aliphatic carbocycles. The van der Waals surface area contributed by atoms with Crippen molar-refractivity contribution in [3.63, 3.8) is 0 Å². The van der Waals surface area contributed by atoms with Crippen LogP contribution in [-0.2, 0) is 19.6 Å². The molecule has 2 atom stereocenters. The van der Waals surface area contributed by atoms with Gasteiger partial charge in [-0.1, -0.05) is 6.92 Å². The highest BCUT2D eigenvalue weighted by atomic mass is 32.2. The second-order valence-electron chi connectivity index (χ2n) is 4.58. The minimum Gasteiger partial charge on any atom is -0.378 e. The lowest BCUT2D eigenvalue weighted by atomic mass is 10.2. The zero-order chi connectivity index (χ0) is 14.5. The summed E-state index contributed by atoms with van der Waals surface area (Å²) >= 11 is 0. The van der Waals surface area contributed by atoms with Gasteiger partial charge in [0.15, 0.2) is 0 Å². The number of hydrogen-bond donors (Lipinski definition) is 2. The second-order valence-corrected chi connectivity index (χ2v) is 6.89. The van der Waals surface area contributed by atoms with Gasteiger partial charge in [-0.15, -0.1) is 0 Å². The molecular formula is C11H23N3O4S. The normalized spacial score (nSPS) is 23.0. The maximum atomic E-state index is 12.3. The van der Waals surface area contributed by atoms with Gasteiger partial charge >= 0.3 is 0 Å². The van der Waals surface area contributed by atoms with Gasteiger partial charge in [-0.25, -0.2) is 8.42 Å². The number of nitrogens with one attached hydrogen (secondary N) is 1. The summed E-state index contributed by atoms with van der Waals surface area (Å²) < 4.78 is 31.1. The van der Waals surface area contributed by atoms with Crippen LogP contribution in [0.5, 0.6) is 0 Å². The third-order valence-electron chi connectivity index (χ3n) is 3.10. The molecule has 2 unspecified atom stereocenters. The maximum absolute atomic E-state index is 12.3. The Morgan fingerprint density at radius 3 is 2.84 bits per heavy atom. The summed E-state index contributed by atoms with van der Waals surface area (Å²) in [5.41, 5.74) is 5.43. The number of carbonyl (C=O) groups excluding carboxylic acids is 1. The Hall–Kier alpha value is -0.700. The zero-order valence-corrected chi connectivity index (χ0v) is 12.3. The fourth-order valence-corrected chi connectivity index (χ4v) is 3.36. The number of ether oxygens (including phenoxy) is 1. The molecule has 0 aromatic heterocycles. The van der Waals surface area contributed by atoms with E-state index in [9.17, 15) is 13.2 Å². The van der Waals surface area contributed by atoms with Crippen LogP contribution in [0.1, 0.15) is 20.3 Å². The molecule has 0 saturated carbocycles. The van der Waals surface area contributed by atoms with Gasteiger partial charge in [-0.3, -0.25) is 4.79 Å². The lowest BCUT2D eigenvalue weighted by Gasteiger charge is -2.35. The quantitative estimate of drug-likeness (QED) is 0.646. The van der Waals surface area contributed by atoms with Crippen molar-refractivity contribution >= 4 is 15.9 Å². The average Bonchev–Trinajstić information content (AvgIpc) is 2.43. The topological polar surface area (TPSA) is 102 Å². The first-order valence-electron chi connectivity index (χ1n) is 6.51. The summed E-state index contributed by atoms with van der Waals surface area (Å²) in [6.07, 6.45) is 0.797. The van der Waals surface area contributed by atoms with Crippen LogP contribution in [0.4, 0.5) is 0 Å². The number of rotatable bonds is 6. The Morgan fingerprint density at radius 1 is 1.58 bits per heavy atom. The summed E-state index contributed by atoms with van der Waals surface area (Å²) in [7, 11) is -3.56. The van der Waals surface area contributed by atoms with Crippen LogP contribution in [0, 0.1) is 0 Å². The van der Waals surface area contributed by atoms with Crippen molar-refractivity contribution in [3.8, 4) is 0 Å². The smallest absolute Gasteiger partial charge is 0.240 e. The molecule has 7 nitrogen and oxygen atoms in total. The highest BCUT2D eigenvalue weighted by Gasteiger charge is 2.39. The highest BCUT2D eigenvalue weighted by Crippen LogP contribution is 2.16.